The van der Waals surface area contributed by atoms with Gasteiger partial charge in [-0.25, -0.2) is 4.98 Å². The van der Waals surface area contributed by atoms with Gasteiger partial charge >= 0.3 is 0 Å². The number of rotatable bonds is 2. The fourth-order valence-electron chi connectivity index (χ4n) is 2.62. The molecule has 4 rings (SSSR count). The van der Waals surface area contributed by atoms with E-state index >= 15 is 0 Å². The van der Waals surface area contributed by atoms with E-state index in [-0.39, 0.29) is 5.75 Å². The van der Waals surface area contributed by atoms with Crippen LogP contribution in [0.1, 0.15) is 20.8 Å². The number of hydrogen-bond acceptors (Lipinski definition) is 5. The number of nitrogens with zero attached hydrogens (tertiary/aromatic N) is 3. The Kier molecular flexibility index (Phi) is 3.68. The lowest BCUT2D eigenvalue weighted by Crippen LogP contribution is -2.18. The first-order valence-corrected chi connectivity index (χ1v) is 8.31. The summed E-state index contributed by atoms with van der Waals surface area (Å²) in [6, 6.07) is 12.6. The maximum absolute atomic E-state index is 9.81. The number of phenols is 1. The van der Waals surface area contributed by atoms with Crippen LogP contribution in [0, 0.1) is 0 Å². The highest BCUT2D eigenvalue weighted by molar-refractivity contribution is 5.79. The second-order valence-electron chi connectivity index (χ2n) is 7.09. The van der Waals surface area contributed by atoms with Crippen LogP contribution < -0.4 is 5.36 Å². The highest BCUT2D eigenvalue weighted by Gasteiger charge is 2.12. The summed E-state index contributed by atoms with van der Waals surface area (Å²) in [7, 11) is 0. The van der Waals surface area contributed by atoms with Crippen LogP contribution in [0.2, 0.25) is 0 Å². The van der Waals surface area contributed by atoms with E-state index in [1.807, 2.05) is 49.6 Å². The van der Waals surface area contributed by atoms with Crippen molar-refractivity contribution in [2.24, 2.45) is 5.16 Å². The third-order valence-electron chi connectivity index (χ3n) is 3.82. The van der Waals surface area contributed by atoms with Gasteiger partial charge in [0.1, 0.15) is 28.0 Å². The van der Waals surface area contributed by atoms with E-state index in [1.165, 1.54) is 0 Å². The molecule has 1 N–H and O–H groups in total. The molecule has 132 valence electrons. The molecule has 0 saturated heterocycles. The summed E-state index contributed by atoms with van der Waals surface area (Å²) in [6.45, 7) is 5.79. The van der Waals surface area contributed by atoms with E-state index < -0.39 is 5.60 Å². The topological polar surface area (TPSA) is 72.3 Å². The summed E-state index contributed by atoms with van der Waals surface area (Å²) in [5.41, 5.74) is 1.77. The molecule has 0 unspecified atom stereocenters. The van der Waals surface area contributed by atoms with Gasteiger partial charge in [-0.05, 0) is 51.1 Å². The van der Waals surface area contributed by atoms with Crippen molar-refractivity contribution in [1.29, 1.82) is 0 Å². The Hall–Kier alpha value is -3.28. The summed E-state index contributed by atoms with van der Waals surface area (Å²) in [5, 5.41) is 15.5. The molecule has 3 aromatic heterocycles. The van der Waals surface area contributed by atoms with Gasteiger partial charge in [0, 0.05) is 29.2 Å². The minimum atomic E-state index is -0.417. The standard InChI is InChI=1S/C20H19N3O3/c1-20(2,3)26-22-16-11-19(25-18-10-14(24)6-7-15(16)18)17-9-13-5-4-8-23(13)12-21-17/h4-12,24H,1-3H3. The Morgan fingerprint density at radius 3 is 2.81 bits per heavy atom. The SMILES string of the molecule is CC(C)(C)ON=c1cc(-c2cc3cccn3cn2)oc2cc(O)ccc12. The highest BCUT2D eigenvalue weighted by Crippen LogP contribution is 2.24. The van der Waals surface area contributed by atoms with Crippen LogP contribution in [0.3, 0.4) is 0 Å². The lowest BCUT2D eigenvalue weighted by atomic mass is 10.2. The molecule has 0 bridgehead atoms. The zero-order valence-corrected chi connectivity index (χ0v) is 14.8. The second-order valence-corrected chi connectivity index (χ2v) is 7.09. The molecule has 0 spiro atoms. The monoisotopic (exact) mass is 349 g/mol. The van der Waals surface area contributed by atoms with E-state index in [9.17, 15) is 5.11 Å². The van der Waals surface area contributed by atoms with E-state index in [0.717, 1.165) is 10.9 Å². The molecule has 1 aromatic carbocycles. The highest BCUT2D eigenvalue weighted by atomic mass is 16.6. The average molecular weight is 349 g/mol. The first kappa shape index (κ1) is 16.2. The average Bonchev–Trinajstić information content (AvgIpc) is 3.06. The molecule has 0 aliphatic rings. The van der Waals surface area contributed by atoms with Crippen LogP contribution in [0.4, 0.5) is 0 Å². The minimum absolute atomic E-state index is 0.121. The lowest BCUT2D eigenvalue weighted by molar-refractivity contribution is -0.00585. The van der Waals surface area contributed by atoms with Gasteiger partial charge in [-0.3, -0.25) is 0 Å². The summed E-state index contributed by atoms with van der Waals surface area (Å²) in [6.07, 6.45) is 3.66. The summed E-state index contributed by atoms with van der Waals surface area (Å²) < 4.78 is 7.90. The van der Waals surface area contributed by atoms with Gasteiger partial charge in [0.2, 0.25) is 0 Å². The molecular formula is C20H19N3O3. The lowest BCUT2D eigenvalue weighted by Gasteiger charge is -2.15. The Morgan fingerprint density at radius 1 is 1.15 bits per heavy atom. The third kappa shape index (κ3) is 3.13. The quantitative estimate of drug-likeness (QED) is 0.553. The Labute approximate surface area is 150 Å². The van der Waals surface area contributed by atoms with Crippen LogP contribution in [-0.4, -0.2) is 20.1 Å². The normalized spacial score (nSPS) is 12.8. The van der Waals surface area contributed by atoms with Gasteiger partial charge in [0.25, 0.3) is 0 Å². The molecule has 0 atom stereocenters. The van der Waals surface area contributed by atoms with Crippen LogP contribution in [0.5, 0.6) is 5.75 Å². The molecule has 0 aliphatic heterocycles. The first-order valence-electron chi connectivity index (χ1n) is 8.31. The zero-order chi connectivity index (χ0) is 18.3. The van der Waals surface area contributed by atoms with Crippen LogP contribution in [0.15, 0.2) is 64.6 Å². The first-order chi connectivity index (χ1) is 12.4. The molecule has 3 heterocycles. The maximum atomic E-state index is 9.81. The molecule has 6 nitrogen and oxygen atoms in total. The van der Waals surface area contributed by atoms with Gasteiger partial charge in [-0.1, -0.05) is 5.16 Å². The number of benzene rings is 1. The van der Waals surface area contributed by atoms with E-state index in [0.29, 0.717) is 22.4 Å². The predicted octanol–water partition coefficient (Wildman–Crippen LogP) is 4.08. The molecular weight excluding hydrogens is 330 g/mol. The van der Waals surface area contributed by atoms with E-state index in [2.05, 4.69) is 10.1 Å². The van der Waals surface area contributed by atoms with Crippen molar-refractivity contribution >= 4 is 16.5 Å². The molecule has 0 saturated carbocycles. The molecule has 0 aliphatic carbocycles. The largest absolute Gasteiger partial charge is 0.508 e. The minimum Gasteiger partial charge on any atom is -0.508 e. The Bertz CT molecular complexity index is 1170. The van der Waals surface area contributed by atoms with Crippen molar-refractivity contribution < 1.29 is 14.4 Å². The number of fused-ring (bicyclic) bond motifs is 2. The Morgan fingerprint density at radius 2 is 2.00 bits per heavy atom. The van der Waals surface area contributed by atoms with Crippen molar-refractivity contribution in [3.05, 3.63) is 60.3 Å². The fourth-order valence-corrected chi connectivity index (χ4v) is 2.62. The van der Waals surface area contributed by atoms with Crippen molar-refractivity contribution in [1.82, 2.24) is 9.38 Å². The maximum Gasteiger partial charge on any atom is 0.155 e. The summed E-state index contributed by atoms with van der Waals surface area (Å²) in [4.78, 5) is 10.1. The van der Waals surface area contributed by atoms with Gasteiger partial charge in [-0.15, -0.1) is 0 Å². The molecule has 26 heavy (non-hydrogen) atoms. The molecule has 4 aromatic rings. The van der Waals surface area contributed by atoms with Gasteiger partial charge in [-0.2, -0.15) is 0 Å². The zero-order valence-electron chi connectivity index (χ0n) is 14.8. The van der Waals surface area contributed by atoms with Crippen molar-refractivity contribution in [2.75, 3.05) is 0 Å². The molecule has 0 amide bonds. The second kappa shape index (κ2) is 5.91. The van der Waals surface area contributed by atoms with E-state index in [1.54, 1.807) is 30.6 Å². The summed E-state index contributed by atoms with van der Waals surface area (Å²) >= 11 is 0. The number of aromatic hydroxyl groups is 1. The molecule has 0 radical (unpaired) electrons. The number of phenolic OH excluding ortho intramolecular Hbond substituents is 1. The van der Waals surface area contributed by atoms with Crippen molar-refractivity contribution in [3.63, 3.8) is 0 Å². The van der Waals surface area contributed by atoms with Gasteiger partial charge in [0.05, 0.1) is 6.33 Å². The number of hydrogen-bond donors (Lipinski definition) is 1. The van der Waals surface area contributed by atoms with Crippen molar-refractivity contribution in [2.45, 2.75) is 26.4 Å². The van der Waals surface area contributed by atoms with Gasteiger partial charge < -0.3 is 18.8 Å². The van der Waals surface area contributed by atoms with Crippen LogP contribution >= 0.6 is 0 Å². The van der Waals surface area contributed by atoms with Crippen LogP contribution in [-0.2, 0) is 4.84 Å². The van der Waals surface area contributed by atoms with Crippen molar-refractivity contribution in [3.8, 4) is 17.2 Å². The molecule has 6 heteroatoms. The number of aromatic nitrogens is 2. The fraction of sp³-hybridized carbons (Fsp3) is 0.200. The predicted molar refractivity (Wildman–Crippen MR) is 98.5 cm³/mol. The smallest absolute Gasteiger partial charge is 0.155 e. The summed E-state index contributed by atoms with van der Waals surface area (Å²) in [5.74, 6) is 0.666. The van der Waals surface area contributed by atoms with Crippen LogP contribution in [0.25, 0.3) is 27.9 Å². The van der Waals surface area contributed by atoms with E-state index in [4.69, 9.17) is 9.25 Å². The van der Waals surface area contributed by atoms with Gasteiger partial charge in [0.15, 0.2) is 5.76 Å². The third-order valence-corrected chi connectivity index (χ3v) is 3.82. The Balaban J connectivity index is 1.94. The molecule has 0 fully saturated rings.